The third-order valence-corrected chi connectivity index (χ3v) is 6.23. The van der Waals surface area contributed by atoms with E-state index < -0.39 is 0 Å². The number of likely N-dealkylation sites (tertiary alicyclic amines) is 1. The molecule has 25 heavy (non-hydrogen) atoms. The van der Waals surface area contributed by atoms with Crippen molar-refractivity contribution in [2.45, 2.75) is 46.0 Å². The summed E-state index contributed by atoms with van der Waals surface area (Å²) in [6.45, 7) is 12.6. The Balaban J connectivity index is 1.47. The molecule has 2 saturated heterocycles. The number of rotatable bonds is 4. The monoisotopic (exact) mass is 349 g/mol. The Morgan fingerprint density at radius 1 is 1.04 bits per heavy atom. The highest BCUT2D eigenvalue weighted by Crippen LogP contribution is 2.45. The molecule has 3 fully saturated rings. The van der Waals surface area contributed by atoms with Crippen LogP contribution in [0, 0.1) is 5.41 Å². The van der Waals surface area contributed by atoms with Crippen molar-refractivity contribution in [1.82, 2.24) is 20.0 Å². The van der Waals surface area contributed by atoms with Crippen LogP contribution in [0.25, 0.3) is 0 Å². The van der Waals surface area contributed by atoms with Gasteiger partial charge in [0.25, 0.3) is 0 Å². The molecule has 3 aliphatic rings. The molecule has 6 heteroatoms. The molecule has 0 radical (unpaired) electrons. The van der Waals surface area contributed by atoms with E-state index in [0.717, 1.165) is 58.3 Å². The fourth-order valence-corrected chi connectivity index (χ4v) is 4.66. The van der Waals surface area contributed by atoms with Gasteiger partial charge in [0.2, 0.25) is 5.91 Å². The second kappa shape index (κ2) is 8.39. The number of carbonyl (C=O) groups excluding carboxylic acids is 1. The van der Waals surface area contributed by atoms with E-state index in [1.54, 1.807) is 6.92 Å². The van der Waals surface area contributed by atoms with Gasteiger partial charge in [0.15, 0.2) is 5.96 Å². The van der Waals surface area contributed by atoms with Gasteiger partial charge in [0.1, 0.15) is 0 Å². The topological polar surface area (TPSA) is 51.2 Å². The van der Waals surface area contributed by atoms with E-state index in [4.69, 9.17) is 4.99 Å². The molecule has 0 aromatic carbocycles. The van der Waals surface area contributed by atoms with Crippen LogP contribution < -0.4 is 5.32 Å². The molecule has 1 amide bonds. The molecule has 1 saturated carbocycles. The van der Waals surface area contributed by atoms with Gasteiger partial charge < -0.3 is 15.1 Å². The number of piperazine rings is 1. The lowest BCUT2D eigenvalue weighted by atomic mass is 9.86. The summed E-state index contributed by atoms with van der Waals surface area (Å²) in [4.78, 5) is 23.2. The van der Waals surface area contributed by atoms with E-state index in [9.17, 15) is 4.79 Å². The molecule has 0 aromatic heterocycles. The highest BCUT2D eigenvalue weighted by molar-refractivity contribution is 5.80. The van der Waals surface area contributed by atoms with Crippen molar-refractivity contribution in [2.24, 2.45) is 10.4 Å². The van der Waals surface area contributed by atoms with Crippen molar-refractivity contribution in [3.8, 4) is 0 Å². The summed E-state index contributed by atoms with van der Waals surface area (Å²) in [6.07, 6.45) is 6.97. The third kappa shape index (κ3) is 4.66. The lowest BCUT2D eigenvalue weighted by Crippen LogP contribution is -2.48. The van der Waals surface area contributed by atoms with E-state index >= 15 is 0 Å². The zero-order valence-corrected chi connectivity index (χ0v) is 16.1. The largest absolute Gasteiger partial charge is 0.357 e. The van der Waals surface area contributed by atoms with Crippen molar-refractivity contribution < 1.29 is 4.79 Å². The number of hydrogen-bond acceptors (Lipinski definition) is 3. The molecule has 1 spiro atoms. The minimum absolute atomic E-state index is 0.196. The molecular weight excluding hydrogens is 314 g/mol. The molecule has 142 valence electrons. The standard InChI is InChI=1S/C19H35N5O/c1-3-20-18(24-10-8-19(16-24)6-4-5-7-19)21-9-11-22-12-14-23(15-13-22)17(2)25/h3-16H2,1-2H3,(H,20,21). The molecule has 0 unspecified atom stereocenters. The molecule has 0 bridgehead atoms. The van der Waals surface area contributed by atoms with Crippen LogP contribution in [0.15, 0.2) is 4.99 Å². The Kier molecular flexibility index (Phi) is 6.20. The lowest BCUT2D eigenvalue weighted by Gasteiger charge is -2.34. The second-order valence-corrected chi connectivity index (χ2v) is 7.96. The second-order valence-electron chi connectivity index (χ2n) is 7.96. The van der Waals surface area contributed by atoms with Crippen LogP contribution >= 0.6 is 0 Å². The first kappa shape index (κ1) is 18.5. The van der Waals surface area contributed by atoms with Crippen molar-refractivity contribution in [2.75, 3.05) is 58.9 Å². The van der Waals surface area contributed by atoms with Gasteiger partial charge in [-0.2, -0.15) is 0 Å². The van der Waals surface area contributed by atoms with Gasteiger partial charge in [-0.1, -0.05) is 12.8 Å². The van der Waals surface area contributed by atoms with Crippen molar-refractivity contribution in [1.29, 1.82) is 0 Å². The Morgan fingerprint density at radius 2 is 1.76 bits per heavy atom. The molecule has 1 aliphatic carbocycles. The molecule has 0 aromatic rings. The highest BCUT2D eigenvalue weighted by Gasteiger charge is 2.41. The van der Waals surface area contributed by atoms with Gasteiger partial charge >= 0.3 is 0 Å². The van der Waals surface area contributed by atoms with Crippen LogP contribution in [0.4, 0.5) is 0 Å². The van der Waals surface area contributed by atoms with Crippen molar-refractivity contribution >= 4 is 11.9 Å². The Labute approximate surface area is 152 Å². The van der Waals surface area contributed by atoms with Crippen LogP contribution in [0.2, 0.25) is 0 Å². The number of carbonyl (C=O) groups is 1. The predicted octanol–water partition coefficient (Wildman–Crippen LogP) is 1.38. The van der Waals surface area contributed by atoms with E-state index in [0.29, 0.717) is 5.41 Å². The zero-order valence-electron chi connectivity index (χ0n) is 16.1. The Morgan fingerprint density at radius 3 is 2.40 bits per heavy atom. The molecular formula is C19H35N5O. The minimum atomic E-state index is 0.196. The Bertz CT molecular complexity index is 478. The van der Waals surface area contributed by atoms with Crippen LogP contribution in [-0.4, -0.2) is 85.5 Å². The lowest BCUT2D eigenvalue weighted by molar-refractivity contribution is -0.130. The van der Waals surface area contributed by atoms with Gasteiger partial charge in [0, 0.05) is 59.3 Å². The first-order valence-corrected chi connectivity index (χ1v) is 10.1. The maximum atomic E-state index is 11.4. The van der Waals surface area contributed by atoms with Crippen molar-refractivity contribution in [3.63, 3.8) is 0 Å². The number of aliphatic imine (C=N–C) groups is 1. The Hall–Kier alpha value is -1.30. The number of guanidine groups is 1. The maximum absolute atomic E-state index is 11.4. The fraction of sp³-hybridized carbons (Fsp3) is 0.895. The normalized spacial score (nSPS) is 24.3. The average Bonchev–Trinajstić information content (AvgIpc) is 3.25. The minimum Gasteiger partial charge on any atom is -0.357 e. The highest BCUT2D eigenvalue weighted by atomic mass is 16.2. The number of nitrogens with one attached hydrogen (secondary N) is 1. The van der Waals surface area contributed by atoms with Crippen LogP contribution in [0.3, 0.4) is 0 Å². The summed E-state index contributed by atoms with van der Waals surface area (Å²) in [5.41, 5.74) is 0.583. The summed E-state index contributed by atoms with van der Waals surface area (Å²) in [5.74, 6) is 1.30. The summed E-state index contributed by atoms with van der Waals surface area (Å²) in [5, 5.41) is 3.50. The number of hydrogen-bond donors (Lipinski definition) is 1. The van der Waals surface area contributed by atoms with Gasteiger partial charge in [-0.25, -0.2) is 0 Å². The molecule has 2 aliphatic heterocycles. The van der Waals surface area contributed by atoms with Crippen LogP contribution in [0.5, 0.6) is 0 Å². The van der Waals surface area contributed by atoms with Gasteiger partial charge in [0.05, 0.1) is 6.54 Å². The van der Waals surface area contributed by atoms with Gasteiger partial charge in [-0.3, -0.25) is 14.7 Å². The smallest absolute Gasteiger partial charge is 0.219 e. The quantitative estimate of drug-likeness (QED) is 0.615. The molecule has 2 heterocycles. The summed E-state index contributed by atoms with van der Waals surface area (Å²) in [7, 11) is 0. The zero-order chi connectivity index (χ0) is 17.7. The van der Waals surface area contributed by atoms with E-state index in [2.05, 4.69) is 22.0 Å². The van der Waals surface area contributed by atoms with Crippen molar-refractivity contribution in [3.05, 3.63) is 0 Å². The van der Waals surface area contributed by atoms with E-state index in [1.807, 2.05) is 4.90 Å². The van der Waals surface area contributed by atoms with Crippen LogP contribution in [-0.2, 0) is 4.79 Å². The molecule has 1 N–H and O–H groups in total. The van der Waals surface area contributed by atoms with Gasteiger partial charge in [-0.05, 0) is 31.6 Å². The summed E-state index contributed by atoms with van der Waals surface area (Å²) >= 11 is 0. The van der Waals surface area contributed by atoms with Crippen LogP contribution in [0.1, 0.15) is 46.0 Å². The summed E-state index contributed by atoms with van der Waals surface area (Å²) in [6, 6.07) is 0. The van der Waals surface area contributed by atoms with E-state index in [-0.39, 0.29) is 5.91 Å². The fourth-order valence-electron chi connectivity index (χ4n) is 4.66. The molecule has 3 rings (SSSR count). The van der Waals surface area contributed by atoms with Gasteiger partial charge in [-0.15, -0.1) is 0 Å². The number of nitrogens with zero attached hydrogens (tertiary/aromatic N) is 4. The number of amides is 1. The molecule has 6 nitrogen and oxygen atoms in total. The average molecular weight is 350 g/mol. The predicted molar refractivity (Wildman–Crippen MR) is 102 cm³/mol. The summed E-state index contributed by atoms with van der Waals surface area (Å²) < 4.78 is 0. The molecule has 0 atom stereocenters. The maximum Gasteiger partial charge on any atom is 0.219 e. The SMILES string of the molecule is CCNC(=NCCN1CCN(C(C)=O)CC1)N1CCC2(CCCC2)C1. The van der Waals surface area contributed by atoms with E-state index in [1.165, 1.54) is 38.6 Å². The first-order valence-electron chi connectivity index (χ1n) is 10.1. The third-order valence-electron chi connectivity index (χ3n) is 6.23. The first-order chi connectivity index (χ1) is 12.1.